The van der Waals surface area contributed by atoms with E-state index in [4.69, 9.17) is 0 Å². The van der Waals surface area contributed by atoms with E-state index < -0.39 is 5.41 Å². The van der Waals surface area contributed by atoms with Crippen molar-refractivity contribution in [3.63, 3.8) is 0 Å². The highest BCUT2D eigenvalue weighted by molar-refractivity contribution is 6.05. The molecule has 1 aliphatic heterocycles. The number of hydrogen-bond donors (Lipinski definition) is 1. The molecule has 2 amide bonds. The van der Waals surface area contributed by atoms with Crippen molar-refractivity contribution in [1.82, 2.24) is 5.32 Å². The number of amides is 2. The molecule has 0 aromatic carbocycles. The van der Waals surface area contributed by atoms with Crippen LogP contribution in [-0.4, -0.2) is 11.8 Å². The van der Waals surface area contributed by atoms with Crippen molar-refractivity contribution in [2.75, 3.05) is 0 Å². The smallest absolute Gasteiger partial charge is 0.233 e. The minimum absolute atomic E-state index is 0.0342. The summed E-state index contributed by atoms with van der Waals surface area (Å²) in [6.45, 7) is 4.29. The van der Waals surface area contributed by atoms with Gasteiger partial charge in [-0.2, -0.15) is 0 Å². The largest absolute Gasteiger partial charge is 0.296 e. The molecule has 1 fully saturated rings. The number of unbranched alkanes of at least 4 members (excludes halogenated alkanes) is 11. The average molecular weight is 324 g/mol. The van der Waals surface area contributed by atoms with Gasteiger partial charge in [0.05, 0.1) is 5.41 Å². The maximum Gasteiger partial charge on any atom is 0.233 e. The molecule has 23 heavy (non-hydrogen) atoms. The van der Waals surface area contributed by atoms with Gasteiger partial charge in [-0.1, -0.05) is 90.9 Å². The fourth-order valence-corrected chi connectivity index (χ4v) is 3.66. The summed E-state index contributed by atoms with van der Waals surface area (Å²) in [4.78, 5) is 23.4. The fourth-order valence-electron chi connectivity index (χ4n) is 3.66. The predicted molar refractivity (Wildman–Crippen MR) is 96.2 cm³/mol. The molecule has 1 saturated heterocycles. The molecule has 0 spiro atoms. The average Bonchev–Trinajstić information content (AvgIpc) is 2.82. The minimum Gasteiger partial charge on any atom is -0.296 e. The van der Waals surface area contributed by atoms with Gasteiger partial charge in [0.25, 0.3) is 0 Å². The Balaban J connectivity index is 1.95. The van der Waals surface area contributed by atoms with Crippen molar-refractivity contribution in [3.8, 4) is 0 Å². The van der Waals surface area contributed by atoms with Gasteiger partial charge in [-0.25, -0.2) is 0 Å². The molecular weight excluding hydrogens is 286 g/mol. The van der Waals surface area contributed by atoms with Gasteiger partial charge in [0.2, 0.25) is 11.8 Å². The van der Waals surface area contributed by atoms with E-state index in [0.29, 0.717) is 6.42 Å². The summed E-state index contributed by atoms with van der Waals surface area (Å²) in [6, 6.07) is 0. The first-order valence-electron chi connectivity index (χ1n) is 9.99. The van der Waals surface area contributed by atoms with Crippen LogP contribution in [-0.2, 0) is 9.59 Å². The normalized spacial score (nSPS) is 21.0. The molecule has 0 aromatic rings. The van der Waals surface area contributed by atoms with Crippen molar-refractivity contribution < 1.29 is 9.59 Å². The zero-order valence-electron chi connectivity index (χ0n) is 15.4. The monoisotopic (exact) mass is 323 g/mol. The molecule has 0 saturated carbocycles. The topological polar surface area (TPSA) is 46.2 Å². The number of hydrogen-bond acceptors (Lipinski definition) is 2. The van der Waals surface area contributed by atoms with E-state index in [0.717, 1.165) is 19.3 Å². The minimum atomic E-state index is -0.393. The highest BCUT2D eigenvalue weighted by atomic mass is 16.2. The second kappa shape index (κ2) is 11.6. The highest BCUT2D eigenvalue weighted by Gasteiger charge is 2.44. The molecule has 3 nitrogen and oxygen atoms in total. The van der Waals surface area contributed by atoms with E-state index in [-0.39, 0.29) is 11.8 Å². The lowest BCUT2D eigenvalue weighted by Gasteiger charge is -2.23. The summed E-state index contributed by atoms with van der Waals surface area (Å²) in [6.07, 6.45) is 18.0. The molecule has 0 aliphatic carbocycles. The summed E-state index contributed by atoms with van der Waals surface area (Å²) in [5.74, 6) is -0.121. The molecule has 1 heterocycles. The van der Waals surface area contributed by atoms with Crippen LogP contribution in [0.2, 0.25) is 0 Å². The van der Waals surface area contributed by atoms with Crippen molar-refractivity contribution in [2.24, 2.45) is 5.41 Å². The quantitative estimate of drug-likeness (QED) is 0.338. The Morgan fingerprint density at radius 1 is 0.783 bits per heavy atom. The molecule has 3 heteroatoms. The second-order valence-electron chi connectivity index (χ2n) is 7.33. The number of carbonyl (C=O) groups excluding carboxylic acids is 2. The Kier molecular flexibility index (Phi) is 10.2. The Hall–Kier alpha value is -0.860. The molecule has 1 atom stereocenters. The van der Waals surface area contributed by atoms with Crippen LogP contribution >= 0.6 is 0 Å². The molecule has 1 aliphatic rings. The molecule has 1 unspecified atom stereocenters. The molecule has 1 rings (SSSR count). The lowest BCUT2D eigenvalue weighted by atomic mass is 9.78. The Morgan fingerprint density at radius 3 is 1.65 bits per heavy atom. The highest BCUT2D eigenvalue weighted by Crippen LogP contribution is 2.36. The zero-order chi connectivity index (χ0) is 17.0. The van der Waals surface area contributed by atoms with Crippen molar-refractivity contribution >= 4 is 11.8 Å². The van der Waals surface area contributed by atoms with E-state index in [1.165, 1.54) is 70.6 Å². The maximum absolute atomic E-state index is 11.9. The van der Waals surface area contributed by atoms with Gasteiger partial charge in [0.15, 0.2) is 0 Å². The first-order chi connectivity index (χ1) is 11.1. The Bertz CT molecular complexity index is 354. The standard InChI is InChI=1S/C20H37NO2/c1-3-5-6-7-8-9-10-11-12-13-14-15-16-20(4-2)17-18(22)21-19(20)23/h3-17H2,1-2H3,(H,21,22,23). The van der Waals surface area contributed by atoms with Gasteiger partial charge in [0, 0.05) is 6.42 Å². The molecule has 0 radical (unpaired) electrons. The summed E-state index contributed by atoms with van der Waals surface area (Å²) in [7, 11) is 0. The second-order valence-corrected chi connectivity index (χ2v) is 7.33. The fraction of sp³-hybridized carbons (Fsp3) is 0.900. The lowest BCUT2D eigenvalue weighted by molar-refractivity contribution is -0.129. The summed E-state index contributed by atoms with van der Waals surface area (Å²) in [5.41, 5.74) is -0.393. The maximum atomic E-state index is 11.9. The molecule has 134 valence electrons. The van der Waals surface area contributed by atoms with Crippen molar-refractivity contribution in [2.45, 2.75) is 110 Å². The van der Waals surface area contributed by atoms with Gasteiger partial charge in [-0.3, -0.25) is 14.9 Å². The van der Waals surface area contributed by atoms with Gasteiger partial charge in [-0.05, 0) is 12.8 Å². The predicted octanol–water partition coefficient (Wildman–Crippen LogP) is 5.52. The summed E-state index contributed by atoms with van der Waals surface area (Å²) < 4.78 is 0. The number of imide groups is 1. The van der Waals surface area contributed by atoms with Crippen LogP contribution in [0.5, 0.6) is 0 Å². The van der Waals surface area contributed by atoms with Crippen molar-refractivity contribution in [1.29, 1.82) is 0 Å². The van der Waals surface area contributed by atoms with Crippen LogP contribution in [0.4, 0.5) is 0 Å². The van der Waals surface area contributed by atoms with Crippen LogP contribution in [0.15, 0.2) is 0 Å². The van der Waals surface area contributed by atoms with E-state index in [1.54, 1.807) is 0 Å². The molecule has 0 bridgehead atoms. The van der Waals surface area contributed by atoms with E-state index >= 15 is 0 Å². The van der Waals surface area contributed by atoms with Crippen molar-refractivity contribution in [3.05, 3.63) is 0 Å². The Morgan fingerprint density at radius 2 is 1.26 bits per heavy atom. The first kappa shape index (κ1) is 20.2. The lowest BCUT2D eigenvalue weighted by Crippen LogP contribution is -2.31. The third-order valence-electron chi connectivity index (χ3n) is 5.42. The van der Waals surface area contributed by atoms with Gasteiger partial charge >= 0.3 is 0 Å². The number of nitrogens with one attached hydrogen (secondary N) is 1. The van der Waals surface area contributed by atoms with Gasteiger partial charge < -0.3 is 0 Å². The van der Waals surface area contributed by atoms with Crippen LogP contribution in [0, 0.1) is 5.41 Å². The summed E-state index contributed by atoms with van der Waals surface area (Å²) in [5, 5.41) is 2.47. The third kappa shape index (κ3) is 7.50. The van der Waals surface area contributed by atoms with Gasteiger partial charge in [0.1, 0.15) is 0 Å². The Labute approximate surface area is 143 Å². The number of rotatable bonds is 14. The molecule has 0 aromatic heterocycles. The third-order valence-corrected chi connectivity index (χ3v) is 5.42. The van der Waals surface area contributed by atoms with E-state index in [2.05, 4.69) is 12.2 Å². The summed E-state index contributed by atoms with van der Waals surface area (Å²) >= 11 is 0. The van der Waals surface area contributed by atoms with E-state index in [1.807, 2.05) is 6.92 Å². The molecular formula is C20H37NO2. The zero-order valence-corrected chi connectivity index (χ0v) is 15.4. The van der Waals surface area contributed by atoms with Crippen LogP contribution < -0.4 is 5.32 Å². The van der Waals surface area contributed by atoms with Gasteiger partial charge in [-0.15, -0.1) is 0 Å². The van der Waals surface area contributed by atoms with Crippen LogP contribution in [0.25, 0.3) is 0 Å². The SMILES string of the molecule is CCCCCCCCCCCCCCC1(CC)CC(=O)NC1=O. The number of carbonyl (C=O) groups is 2. The van der Waals surface area contributed by atoms with Crippen LogP contribution in [0.3, 0.4) is 0 Å². The van der Waals surface area contributed by atoms with Crippen LogP contribution in [0.1, 0.15) is 110 Å². The van der Waals surface area contributed by atoms with E-state index in [9.17, 15) is 9.59 Å². The first-order valence-corrected chi connectivity index (χ1v) is 9.99. The molecule has 1 N–H and O–H groups in total.